The van der Waals surface area contributed by atoms with E-state index < -0.39 is 15.7 Å². The Balaban J connectivity index is 1.80. The summed E-state index contributed by atoms with van der Waals surface area (Å²) in [5.41, 5.74) is 1.71. The van der Waals surface area contributed by atoms with Crippen molar-refractivity contribution >= 4 is 49.1 Å². The Kier molecular flexibility index (Phi) is 8.34. The molecule has 1 amide bonds. The molecule has 0 radical (unpaired) electrons. The number of rotatable bonds is 10. The number of sulfone groups is 1. The first-order chi connectivity index (χ1) is 14.9. The van der Waals surface area contributed by atoms with Gasteiger partial charge in [-0.15, -0.1) is 0 Å². The van der Waals surface area contributed by atoms with Crippen LogP contribution >= 0.6 is 23.1 Å². The number of thioether (sulfide) groups is 1. The van der Waals surface area contributed by atoms with Gasteiger partial charge in [0.2, 0.25) is 5.91 Å². The highest BCUT2D eigenvalue weighted by molar-refractivity contribution is 7.98. The molecule has 0 fully saturated rings. The van der Waals surface area contributed by atoms with Gasteiger partial charge < -0.3 is 9.30 Å². The van der Waals surface area contributed by atoms with Gasteiger partial charge in [-0.1, -0.05) is 41.7 Å². The number of amides is 1. The van der Waals surface area contributed by atoms with Crippen molar-refractivity contribution in [2.45, 2.75) is 25.6 Å². The molecular weight excluding hydrogens is 452 g/mol. The van der Waals surface area contributed by atoms with E-state index in [9.17, 15) is 13.2 Å². The van der Waals surface area contributed by atoms with E-state index >= 15 is 0 Å². The lowest BCUT2D eigenvalue weighted by molar-refractivity contribution is -0.117. The SMILES string of the molecule is CCOc1ccc2c(c1)sc(=NC(=O)CCS(=O)(=O)Cc1ccccc1)n2CCSC. The number of thiazole rings is 1. The average Bonchev–Trinajstić information content (AvgIpc) is 3.07. The first kappa shape index (κ1) is 23.6. The van der Waals surface area contributed by atoms with Gasteiger partial charge in [0.15, 0.2) is 14.6 Å². The van der Waals surface area contributed by atoms with Crippen LogP contribution in [0.1, 0.15) is 18.9 Å². The quantitative estimate of drug-likeness (QED) is 0.442. The fourth-order valence-electron chi connectivity index (χ4n) is 3.10. The second-order valence-corrected chi connectivity index (χ2v) is 11.1. The number of benzene rings is 2. The fraction of sp³-hybridized carbons (Fsp3) is 0.364. The summed E-state index contributed by atoms with van der Waals surface area (Å²) in [6.45, 7) is 3.23. The van der Waals surface area contributed by atoms with Crippen LogP contribution in [0.15, 0.2) is 53.5 Å². The van der Waals surface area contributed by atoms with Crippen LogP contribution in [0.3, 0.4) is 0 Å². The minimum atomic E-state index is -3.39. The summed E-state index contributed by atoms with van der Waals surface area (Å²) in [5.74, 6) is 0.947. The normalized spacial score (nSPS) is 12.4. The van der Waals surface area contributed by atoms with Crippen LogP contribution in [0.5, 0.6) is 5.75 Å². The zero-order valence-electron chi connectivity index (χ0n) is 17.6. The van der Waals surface area contributed by atoms with Crippen molar-refractivity contribution in [3.63, 3.8) is 0 Å². The zero-order valence-corrected chi connectivity index (χ0v) is 20.1. The molecule has 0 atom stereocenters. The third-order valence-electron chi connectivity index (χ3n) is 4.56. The van der Waals surface area contributed by atoms with Crippen LogP contribution < -0.4 is 9.54 Å². The summed E-state index contributed by atoms with van der Waals surface area (Å²) in [6, 6.07) is 14.8. The summed E-state index contributed by atoms with van der Waals surface area (Å²) >= 11 is 3.13. The highest BCUT2D eigenvalue weighted by Gasteiger charge is 2.15. The molecule has 0 bridgehead atoms. The number of carbonyl (C=O) groups excluding carboxylic acids is 1. The zero-order chi connectivity index (χ0) is 22.3. The number of carbonyl (C=O) groups is 1. The van der Waals surface area contributed by atoms with Gasteiger partial charge in [-0.05, 0) is 36.9 Å². The van der Waals surface area contributed by atoms with E-state index in [0.717, 1.165) is 27.3 Å². The second kappa shape index (κ2) is 11.0. The maximum Gasteiger partial charge on any atom is 0.249 e. The number of aromatic nitrogens is 1. The van der Waals surface area contributed by atoms with E-state index in [1.54, 1.807) is 36.0 Å². The molecule has 1 aromatic heterocycles. The minimum absolute atomic E-state index is 0.0715. The summed E-state index contributed by atoms with van der Waals surface area (Å²) in [7, 11) is -3.39. The van der Waals surface area contributed by atoms with E-state index in [1.807, 2.05) is 42.0 Å². The second-order valence-electron chi connectivity index (χ2n) is 6.92. The Morgan fingerprint density at radius 3 is 2.68 bits per heavy atom. The molecule has 3 rings (SSSR count). The van der Waals surface area contributed by atoms with Gasteiger partial charge in [-0.2, -0.15) is 16.8 Å². The Bertz CT molecular complexity index is 1200. The first-order valence-corrected chi connectivity index (χ1v) is 14.0. The molecular formula is C22H26N2O4S3. The van der Waals surface area contributed by atoms with Gasteiger partial charge in [0.1, 0.15) is 5.75 Å². The monoisotopic (exact) mass is 478 g/mol. The maximum atomic E-state index is 12.5. The van der Waals surface area contributed by atoms with Crippen molar-refractivity contribution in [2.75, 3.05) is 24.4 Å². The number of nitrogens with zero attached hydrogens (tertiary/aromatic N) is 2. The number of fused-ring (bicyclic) bond motifs is 1. The van der Waals surface area contributed by atoms with Crippen molar-refractivity contribution in [1.29, 1.82) is 0 Å². The lowest BCUT2D eigenvalue weighted by Crippen LogP contribution is -2.19. The van der Waals surface area contributed by atoms with E-state index in [4.69, 9.17) is 4.74 Å². The van der Waals surface area contributed by atoms with Crippen molar-refractivity contribution in [1.82, 2.24) is 4.57 Å². The van der Waals surface area contributed by atoms with Crippen molar-refractivity contribution in [3.05, 3.63) is 58.9 Å². The highest BCUT2D eigenvalue weighted by Crippen LogP contribution is 2.23. The number of ether oxygens (including phenoxy) is 1. The predicted molar refractivity (Wildman–Crippen MR) is 128 cm³/mol. The van der Waals surface area contributed by atoms with Crippen LogP contribution in [0.25, 0.3) is 10.2 Å². The Morgan fingerprint density at radius 1 is 1.19 bits per heavy atom. The lowest BCUT2D eigenvalue weighted by atomic mass is 10.2. The van der Waals surface area contributed by atoms with Crippen LogP contribution in [-0.2, 0) is 26.9 Å². The third kappa shape index (κ3) is 6.69. The molecule has 1 heterocycles. The topological polar surface area (TPSA) is 77.7 Å². The molecule has 0 unspecified atom stereocenters. The van der Waals surface area contributed by atoms with Gasteiger partial charge >= 0.3 is 0 Å². The van der Waals surface area contributed by atoms with Crippen molar-refractivity contribution in [3.8, 4) is 5.75 Å². The molecule has 0 aliphatic rings. The van der Waals surface area contributed by atoms with Crippen LogP contribution in [0.2, 0.25) is 0 Å². The molecule has 9 heteroatoms. The molecule has 0 saturated carbocycles. The molecule has 0 aliphatic carbocycles. The minimum Gasteiger partial charge on any atom is -0.494 e. The predicted octanol–water partition coefficient (Wildman–Crippen LogP) is 3.90. The molecule has 31 heavy (non-hydrogen) atoms. The standard InChI is InChI=1S/C22H26N2O4S3/c1-3-28-18-9-10-19-20(15-18)30-22(24(19)12-13-29-2)23-21(25)11-14-31(26,27)16-17-7-5-4-6-8-17/h4-10,15H,3,11-14,16H2,1-2H3. The molecule has 166 valence electrons. The summed E-state index contributed by atoms with van der Waals surface area (Å²) < 4.78 is 33.4. The van der Waals surface area contributed by atoms with Gasteiger partial charge in [0.25, 0.3) is 0 Å². The molecule has 2 aromatic carbocycles. The highest BCUT2D eigenvalue weighted by atomic mass is 32.2. The fourth-order valence-corrected chi connectivity index (χ4v) is 5.90. The summed E-state index contributed by atoms with van der Waals surface area (Å²) in [4.78, 5) is 17.4. The van der Waals surface area contributed by atoms with E-state index in [1.165, 1.54) is 11.3 Å². The van der Waals surface area contributed by atoms with E-state index in [2.05, 4.69) is 4.99 Å². The van der Waals surface area contributed by atoms with Crippen LogP contribution in [-0.4, -0.2) is 43.3 Å². The van der Waals surface area contributed by atoms with Crippen LogP contribution in [0, 0.1) is 0 Å². The van der Waals surface area contributed by atoms with E-state index in [-0.39, 0.29) is 17.9 Å². The maximum absolute atomic E-state index is 12.5. The molecule has 0 saturated heterocycles. The Morgan fingerprint density at radius 2 is 1.97 bits per heavy atom. The molecule has 6 nitrogen and oxygen atoms in total. The van der Waals surface area contributed by atoms with Gasteiger partial charge in [0, 0.05) is 18.7 Å². The summed E-state index contributed by atoms with van der Waals surface area (Å²) in [5, 5.41) is 0. The first-order valence-electron chi connectivity index (χ1n) is 9.99. The molecule has 0 aliphatic heterocycles. The van der Waals surface area contributed by atoms with E-state index in [0.29, 0.717) is 18.0 Å². The Hall–Kier alpha value is -2.10. The molecule has 3 aromatic rings. The van der Waals surface area contributed by atoms with Gasteiger partial charge in [0.05, 0.1) is 28.3 Å². The van der Waals surface area contributed by atoms with Gasteiger partial charge in [-0.3, -0.25) is 4.79 Å². The lowest BCUT2D eigenvalue weighted by Gasteiger charge is -2.05. The number of hydrogen-bond acceptors (Lipinski definition) is 6. The molecule has 0 N–H and O–H groups in total. The van der Waals surface area contributed by atoms with Crippen molar-refractivity contribution in [2.24, 2.45) is 4.99 Å². The largest absolute Gasteiger partial charge is 0.494 e. The smallest absolute Gasteiger partial charge is 0.249 e. The number of hydrogen-bond donors (Lipinski definition) is 0. The van der Waals surface area contributed by atoms with Crippen molar-refractivity contribution < 1.29 is 17.9 Å². The van der Waals surface area contributed by atoms with Crippen LogP contribution in [0.4, 0.5) is 0 Å². The summed E-state index contributed by atoms with van der Waals surface area (Å²) in [6.07, 6.45) is 1.90. The number of aryl methyl sites for hydroxylation is 1. The molecule has 0 spiro atoms. The van der Waals surface area contributed by atoms with Gasteiger partial charge in [-0.25, -0.2) is 8.42 Å². The Labute approximate surface area is 190 Å². The average molecular weight is 479 g/mol. The third-order valence-corrected chi connectivity index (χ3v) is 7.79.